The van der Waals surface area contributed by atoms with Crippen molar-refractivity contribution in [2.45, 2.75) is 20.3 Å². The van der Waals surface area contributed by atoms with Crippen LogP contribution in [0.4, 0.5) is 10.5 Å². The summed E-state index contributed by atoms with van der Waals surface area (Å²) in [6.45, 7) is 4.03. The zero-order valence-electron chi connectivity index (χ0n) is 11.0. The zero-order chi connectivity index (χ0) is 14.4. The first-order valence-electron chi connectivity index (χ1n) is 6.00. The van der Waals surface area contributed by atoms with E-state index in [1.807, 2.05) is 0 Å². The molecule has 0 aromatic heterocycles. The molecule has 0 aliphatic carbocycles. The molecule has 1 aromatic rings. The van der Waals surface area contributed by atoms with Crippen molar-refractivity contribution in [3.05, 3.63) is 28.8 Å². The minimum absolute atomic E-state index is 0.0685. The van der Waals surface area contributed by atoms with Crippen LogP contribution in [0.25, 0.3) is 0 Å². The number of amides is 1. The second-order valence-corrected chi connectivity index (χ2v) is 3.96. The van der Waals surface area contributed by atoms with Crippen LogP contribution >= 0.6 is 0 Å². The third-order valence-corrected chi connectivity index (χ3v) is 2.72. The monoisotopic (exact) mass is 266 g/mol. The Morgan fingerprint density at radius 1 is 1.42 bits per heavy atom. The molecular formula is C13H18N2O4. The largest absolute Gasteiger partial charge is 0.478 e. The van der Waals surface area contributed by atoms with Crippen molar-refractivity contribution in [1.82, 2.24) is 0 Å². The van der Waals surface area contributed by atoms with E-state index in [4.69, 9.17) is 10.5 Å². The first-order valence-corrected chi connectivity index (χ1v) is 6.00. The van der Waals surface area contributed by atoms with E-state index in [1.165, 1.54) is 0 Å². The maximum Gasteiger partial charge on any atom is 0.411 e. The third kappa shape index (κ3) is 3.69. The highest BCUT2D eigenvalue weighted by Crippen LogP contribution is 2.23. The Bertz CT molecular complexity index is 486. The number of nitrogens with two attached hydrogens (primary N) is 1. The summed E-state index contributed by atoms with van der Waals surface area (Å²) in [4.78, 5) is 22.7. The predicted molar refractivity (Wildman–Crippen MR) is 71.5 cm³/mol. The van der Waals surface area contributed by atoms with Crippen LogP contribution in [0.15, 0.2) is 12.1 Å². The lowest BCUT2D eigenvalue weighted by atomic mass is 9.98. The molecule has 4 N–H and O–H groups in total. The number of aromatic carboxylic acids is 1. The molecule has 0 aliphatic rings. The maximum absolute atomic E-state index is 11.4. The number of carbonyl (C=O) groups excluding carboxylic acids is 1. The molecule has 1 amide bonds. The standard InChI is InChI=1S/C13H18N2O4/c1-3-19-13(18)15-10-5-4-9(6-7-14)8(2)11(10)12(16)17/h4-5H,3,6-7,14H2,1-2H3,(H,15,18)(H,16,17). The highest BCUT2D eigenvalue weighted by atomic mass is 16.5. The van der Waals surface area contributed by atoms with Crippen LogP contribution in [0, 0.1) is 6.92 Å². The fourth-order valence-electron chi connectivity index (χ4n) is 1.84. The number of carbonyl (C=O) groups is 2. The molecule has 6 nitrogen and oxygen atoms in total. The van der Waals surface area contributed by atoms with Crippen LogP contribution in [-0.2, 0) is 11.2 Å². The molecule has 0 fully saturated rings. The van der Waals surface area contributed by atoms with Gasteiger partial charge in [0, 0.05) is 0 Å². The van der Waals surface area contributed by atoms with E-state index in [0.717, 1.165) is 5.56 Å². The highest BCUT2D eigenvalue weighted by molar-refractivity contribution is 6.00. The summed E-state index contributed by atoms with van der Waals surface area (Å²) in [5.74, 6) is -1.09. The number of hydrogen-bond donors (Lipinski definition) is 3. The van der Waals surface area contributed by atoms with Gasteiger partial charge < -0.3 is 15.6 Å². The van der Waals surface area contributed by atoms with Crippen molar-refractivity contribution in [3.8, 4) is 0 Å². The van der Waals surface area contributed by atoms with Gasteiger partial charge in [-0.2, -0.15) is 0 Å². The quantitative estimate of drug-likeness (QED) is 0.753. The van der Waals surface area contributed by atoms with E-state index in [0.29, 0.717) is 18.5 Å². The molecule has 0 radical (unpaired) electrons. The molecule has 0 bridgehead atoms. The lowest BCUT2D eigenvalue weighted by molar-refractivity contribution is 0.0697. The van der Waals surface area contributed by atoms with E-state index < -0.39 is 12.1 Å². The molecular weight excluding hydrogens is 248 g/mol. The molecule has 0 unspecified atom stereocenters. The van der Waals surface area contributed by atoms with Gasteiger partial charge in [0.15, 0.2) is 0 Å². The van der Waals surface area contributed by atoms with Crippen molar-refractivity contribution < 1.29 is 19.4 Å². The van der Waals surface area contributed by atoms with E-state index in [9.17, 15) is 14.7 Å². The number of rotatable bonds is 5. The molecule has 19 heavy (non-hydrogen) atoms. The third-order valence-electron chi connectivity index (χ3n) is 2.72. The zero-order valence-corrected chi connectivity index (χ0v) is 11.0. The summed E-state index contributed by atoms with van der Waals surface area (Å²) in [5.41, 5.74) is 7.23. The SMILES string of the molecule is CCOC(=O)Nc1ccc(CCN)c(C)c1C(=O)O. The van der Waals surface area contributed by atoms with Gasteiger partial charge in [0.2, 0.25) is 0 Å². The maximum atomic E-state index is 11.4. The molecule has 0 atom stereocenters. The Hall–Kier alpha value is -2.08. The van der Waals surface area contributed by atoms with Gasteiger partial charge in [-0.1, -0.05) is 6.07 Å². The second-order valence-electron chi connectivity index (χ2n) is 3.96. The number of nitrogens with one attached hydrogen (secondary N) is 1. The minimum atomic E-state index is -1.09. The number of anilines is 1. The number of hydrogen-bond acceptors (Lipinski definition) is 4. The Kier molecular flexibility index (Phi) is 5.32. The summed E-state index contributed by atoms with van der Waals surface area (Å²) >= 11 is 0. The fraction of sp³-hybridized carbons (Fsp3) is 0.385. The Morgan fingerprint density at radius 3 is 2.63 bits per heavy atom. The smallest absolute Gasteiger partial charge is 0.411 e. The summed E-state index contributed by atoms with van der Waals surface area (Å²) in [7, 11) is 0. The van der Waals surface area contributed by atoms with Crippen molar-refractivity contribution >= 4 is 17.7 Å². The van der Waals surface area contributed by atoms with E-state index in [-0.39, 0.29) is 17.9 Å². The van der Waals surface area contributed by atoms with Crippen LogP contribution in [0.2, 0.25) is 0 Å². The minimum Gasteiger partial charge on any atom is -0.478 e. The lowest BCUT2D eigenvalue weighted by Crippen LogP contribution is -2.17. The van der Waals surface area contributed by atoms with E-state index >= 15 is 0 Å². The number of ether oxygens (including phenoxy) is 1. The summed E-state index contributed by atoms with van der Waals surface area (Å²) in [5, 5.41) is 11.7. The van der Waals surface area contributed by atoms with E-state index in [2.05, 4.69) is 5.32 Å². The van der Waals surface area contributed by atoms with Crippen LogP contribution in [0.3, 0.4) is 0 Å². The molecule has 1 aromatic carbocycles. The predicted octanol–water partition coefficient (Wildman–Crippen LogP) is 1.76. The van der Waals surface area contributed by atoms with Gasteiger partial charge >= 0.3 is 12.1 Å². The van der Waals surface area contributed by atoms with Gasteiger partial charge in [-0.15, -0.1) is 0 Å². The average molecular weight is 266 g/mol. The lowest BCUT2D eigenvalue weighted by Gasteiger charge is -2.13. The first-order chi connectivity index (χ1) is 9.01. The molecule has 0 saturated carbocycles. The molecule has 0 aliphatic heterocycles. The summed E-state index contributed by atoms with van der Waals surface area (Å²) in [6.07, 6.45) is -0.0813. The topological polar surface area (TPSA) is 102 Å². The molecule has 6 heteroatoms. The normalized spacial score (nSPS) is 10.1. The first kappa shape index (κ1) is 15.0. The molecule has 0 spiro atoms. The van der Waals surface area contributed by atoms with Crippen molar-refractivity contribution in [2.24, 2.45) is 5.73 Å². The van der Waals surface area contributed by atoms with Gasteiger partial charge in [-0.05, 0) is 44.0 Å². The summed E-state index contributed by atoms with van der Waals surface area (Å²) < 4.78 is 4.74. The molecule has 0 heterocycles. The highest BCUT2D eigenvalue weighted by Gasteiger charge is 2.17. The van der Waals surface area contributed by atoms with Gasteiger partial charge in [0.1, 0.15) is 0 Å². The van der Waals surface area contributed by atoms with Crippen molar-refractivity contribution in [1.29, 1.82) is 0 Å². The van der Waals surface area contributed by atoms with Gasteiger partial charge in [0.25, 0.3) is 0 Å². The molecule has 1 rings (SSSR count). The van der Waals surface area contributed by atoms with Gasteiger partial charge in [-0.3, -0.25) is 5.32 Å². The Balaban J connectivity index is 3.14. The molecule has 104 valence electrons. The number of carboxylic acids is 1. The van der Waals surface area contributed by atoms with Crippen molar-refractivity contribution in [3.63, 3.8) is 0 Å². The summed E-state index contributed by atoms with van der Waals surface area (Å²) in [6, 6.07) is 3.31. The second kappa shape index (κ2) is 6.75. The average Bonchev–Trinajstić information content (AvgIpc) is 2.32. The number of benzene rings is 1. The number of carboxylic acid groups (broad SMARTS) is 1. The van der Waals surface area contributed by atoms with E-state index in [1.54, 1.807) is 26.0 Å². The van der Waals surface area contributed by atoms with Gasteiger partial charge in [-0.25, -0.2) is 9.59 Å². The Morgan fingerprint density at radius 2 is 2.11 bits per heavy atom. The fourth-order valence-corrected chi connectivity index (χ4v) is 1.84. The van der Waals surface area contributed by atoms with Crippen LogP contribution in [0.1, 0.15) is 28.4 Å². The van der Waals surface area contributed by atoms with Gasteiger partial charge in [0.05, 0.1) is 17.9 Å². The molecule has 0 saturated heterocycles. The Labute approximate surface area is 111 Å². The van der Waals surface area contributed by atoms with Crippen LogP contribution in [0.5, 0.6) is 0 Å². The van der Waals surface area contributed by atoms with Crippen LogP contribution < -0.4 is 11.1 Å². The van der Waals surface area contributed by atoms with Crippen molar-refractivity contribution in [2.75, 3.05) is 18.5 Å². The van der Waals surface area contributed by atoms with Crippen LogP contribution in [-0.4, -0.2) is 30.3 Å².